The Morgan fingerprint density at radius 3 is 2.53 bits per heavy atom. The minimum atomic E-state index is -1.19. The Kier molecular flexibility index (Phi) is 5.27. The summed E-state index contributed by atoms with van der Waals surface area (Å²) in [5.74, 6) is -1.08. The molecular formula is C10H15NO5S. The fourth-order valence-electron chi connectivity index (χ4n) is 1.56. The van der Waals surface area contributed by atoms with Gasteiger partial charge in [0.05, 0.1) is 0 Å². The van der Waals surface area contributed by atoms with Crippen LogP contribution in [0.25, 0.3) is 0 Å². The molecule has 3 N–H and O–H groups in total. The Bertz CT molecular complexity index is 314. The third-order valence-corrected chi connectivity index (χ3v) is 3.72. The second-order valence-corrected chi connectivity index (χ2v) is 5.04. The summed E-state index contributed by atoms with van der Waals surface area (Å²) < 4.78 is 0. The van der Waals surface area contributed by atoms with Crippen LogP contribution in [0.5, 0.6) is 0 Å². The summed E-state index contributed by atoms with van der Waals surface area (Å²) in [6.07, 6.45) is 0.398. The smallest absolute Gasteiger partial charge is 0.326 e. The molecule has 0 bridgehead atoms. The number of rotatable bonds is 6. The molecule has 1 amide bonds. The van der Waals surface area contributed by atoms with Gasteiger partial charge >= 0.3 is 11.9 Å². The molecule has 1 fully saturated rings. The fourth-order valence-corrected chi connectivity index (χ4v) is 2.78. The van der Waals surface area contributed by atoms with Crippen LogP contribution >= 0.6 is 11.8 Å². The van der Waals surface area contributed by atoms with Gasteiger partial charge in [-0.2, -0.15) is 11.8 Å². The SMILES string of the molecule is O=C(O)CCC(NC(=O)C1CCSC1)C(=O)O. The van der Waals surface area contributed by atoms with Crippen molar-refractivity contribution in [3.63, 3.8) is 0 Å². The lowest BCUT2D eigenvalue weighted by atomic mass is 10.1. The first-order chi connectivity index (χ1) is 8.00. The quantitative estimate of drug-likeness (QED) is 0.630. The molecular weight excluding hydrogens is 246 g/mol. The summed E-state index contributed by atoms with van der Waals surface area (Å²) in [5, 5.41) is 19.7. The van der Waals surface area contributed by atoms with Gasteiger partial charge in [-0.25, -0.2) is 4.79 Å². The van der Waals surface area contributed by atoms with Crippen LogP contribution in [0.1, 0.15) is 19.3 Å². The molecule has 0 aliphatic carbocycles. The number of hydrogen-bond donors (Lipinski definition) is 3. The molecule has 1 saturated heterocycles. The van der Waals surface area contributed by atoms with Crippen molar-refractivity contribution < 1.29 is 24.6 Å². The van der Waals surface area contributed by atoms with E-state index in [0.717, 1.165) is 12.2 Å². The number of hydrogen-bond acceptors (Lipinski definition) is 4. The second kappa shape index (κ2) is 6.48. The zero-order chi connectivity index (χ0) is 12.8. The van der Waals surface area contributed by atoms with Crippen molar-refractivity contribution in [3.05, 3.63) is 0 Å². The van der Waals surface area contributed by atoms with Crippen molar-refractivity contribution >= 4 is 29.6 Å². The molecule has 2 unspecified atom stereocenters. The van der Waals surface area contributed by atoms with Crippen LogP contribution in [0.4, 0.5) is 0 Å². The Labute approximate surface area is 103 Å². The van der Waals surface area contributed by atoms with Gasteiger partial charge in [0.2, 0.25) is 5.91 Å². The normalized spacial score (nSPS) is 20.8. The van der Waals surface area contributed by atoms with Gasteiger partial charge in [-0.1, -0.05) is 0 Å². The maximum atomic E-state index is 11.7. The minimum absolute atomic E-state index is 0.0870. The standard InChI is InChI=1S/C10H15NO5S/c12-8(13)2-1-7(10(15)16)11-9(14)6-3-4-17-5-6/h6-7H,1-5H2,(H,11,14)(H,12,13)(H,15,16). The molecule has 0 aromatic carbocycles. The predicted molar refractivity (Wildman–Crippen MR) is 61.9 cm³/mol. The number of amides is 1. The van der Waals surface area contributed by atoms with Gasteiger partial charge in [0.25, 0.3) is 0 Å². The lowest BCUT2D eigenvalue weighted by Crippen LogP contribution is -2.44. The van der Waals surface area contributed by atoms with E-state index in [1.165, 1.54) is 0 Å². The van der Waals surface area contributed by atoms with Gasteiger partial charge in [0, 0.05) is 18.1 Å². The molecule has 7 heteroatoms. The molecule has 0 aromatic rings. The summed E-state index contributed by atoms with van der Waals surface area (Å²) in [4.78, 5) is 32.9. The first-order valence-corrected chi connectivity index (χ1v) is 6.49. The largest absolute Gasteiger partial charge is 0.481 e. The number of carbonyl (C=O) groups is 3. The molecule has 96 valence electrons. The molecule has 2 atom stereocenters. The first-order valence-electron chi connectivity index (χ1n) is 5.33. The Hall–Kier alpha value is -1.24. The Balaban J connectivity index is 2.44. The second-order valence-electron chi connectivity index (χ2n) is 3.89. The summed E-state index contributed by atoms with van der Waals surface area (Å²) >= 11 is 1.66. The van der Waals surface area contributed by atoms with Crippen molar-refractivity contribution in [2.75, 3.05) is 11.5 Å². The summed E-state index contributed by atoms with van der Waals surface area (Å²) in [5.41, 5.74) is 0. The van der Waals surface area contributed by atoms with Crippen LogP contribution in [0, 0.1) is 5.92 Å². The molecule has 0 aromatic heterocycles. The topological polar surface area (TPSA) is 104 Å². The highest BCUT2D eigenvalue weighted by Crippen LogP contribution is 2.23. The molecule has 1 aliphatic heterocycles. The summed E-state index contributed by atoms with van der Waals surface area (Å²) in [6, 6.07) is -1.11. The van der Waals surface area contributed by atoms with E-state index in [1.807, 2.05) is 0 Å². The molecule has 6 nitrogen and oxygen atoms in total. The minimum Gasteiger partial charge on any atom is -0.481 e. The molecule has 0 spiro atoms. The number of nitrogens with one attached hydrogen (secondary N) is 1. The predicted octanol–water partition coefficient (Wildman–Crippen LogP) is 0.174. The van der Waals surface area contributed by atoms with Crippen molar-refractivity contribution in [2.24, 2.45) is 5.92 Å². The number of carboxylic acid groups (broad SMARTS) is 2. The highest BCUT2D eigenvalue weighted by atomic mass is 32.2. The third kappa shape index (κ3) is 4.64. The lowest BCUT2D eigenvalue weighted by Gasteiger charge is -2.16. The molecule has 1 heterocycles. The Morgan fingerprint density at radius 1 is 1.35 bits per heavy atom. The number of thioether (sulfide) groups is 1. The van der Waals surface area contributed by atoms with E-state index in [4.69, 9.17) is 10.2 Å². The van der Waals surface area contributed by atoms with Crippen LogP contribution in [0.2, 0.25) is 0 Å². The van der Waals surface area contributed by atoms with Gasteiger partial charge in [-0.15, -0.1) is 0 Å². The van der Waals surface area contributed by atoms with E-state index in [1.54, 1.807) is 11.8 Å². The highest BCUT2D eigenvalue weighted by Gasteiger charge is 2.27. The maximum absolute atomic E-state index is 11.7. The highest BCUT2D eigenvalue weighted by molar-refractivity contribution is 7.99. The van der Waals surface area contributed by atoms with Crippen LogP contribution in [-0.2, 0) is 14.4 Å². The Morgan fingerprint density at radius 2 is 2.06 bits per heavy atom. The molecule has 0 saturated carbocycles. The average Bonchev–Trinajstić information content (AvgIpc) is 2.76. The lowest BCUT2D eigenvalue weighted by molar-refractivity contribution is -0.143. The van der Waals surface area contributed by atoms with Crippen LogP contribution in [-0.4, -0.2) is 45.6 Å². The van der Waals surface area contributed by atoms with Crippen LogP contribution < -0.4 is 5.32 Å². The summed E-state index contributed by atoms with van der Waals surface area (Å²) in [6.45, 7) is 0. The maximum Gasteiger partial charge on any atom is 0.326 e. The zero-order valence-corrected chi connectivity index (χ0v) is 10.0. The number of carboxylic acids is 2. The van der Waals surface area contributed by atoms with E-state index in [2.05, 4.69) is 5.32 Å². The van der Waals surface area contributed by atoms with E-state index < -0.39 is 18.0 Å². The number of carbonyl (C=O) groups excluding carboxylic acids is 1. The van der Waals surface area contributed by atoms with Crippen LogP contribution in [0.15, 0.2) is 0 Å². The van der Waals surface area contributed by atoms with Crippen molar-refractivity contribution in [2.45, 2.75) is 25.3 Å². The zero-order valence-electron chi connectivity index (χ0n) is 9.22. The van der Waals surface area contributed by atoms with Gasteiger partial charge in [0.15, 0.2) is 0 Å². The molecule has 1 rings (SSSR count). The number of aliphatic carboxylic acids is 2. The van der Waals surface area contributed by atoms with Gasteiger partial charge in [-0.05, 0) is 18.6 Å². The average molecular weight is 261 g/mol. The van der Waals surface area contributed by atoms with Gasteiger partial charge < -0.3 is 15.5 Å². The van der Waals surface area contributed by atoms with Crippen molar-refractivity contribution in [1.82, 2.24) is 5.32 Å². The van der Waals surface area contributed by atoms with Crippen molar-refractivity contribution in [3.8, 4) is 0 Å². The third-order valence-electron chi connectivity index (χ3n) is 2.56. The molecule has 1 aliphatic rings. The van der Waals surface area contributed by atoms with E-state index in [9.17, 15) is 14.4 Å². The van der Waals surface area contributed by atoms with Gasteiger partial charge in [0.1, 0.15) is 6.04 Å². The van der Waals surface area contributed by atoms with Crippen LogP contribution in [0.3, 0.4) is 0 Å². The molecule has 0 radical (unpaired) electrons. The fraction of sp³-hybridized carbons (Fsp3) is 0.700. The van der Waals surface area contributed by atoms with Crippen molar-refractivity contribution in [1.29, 1.82) is 0 Å². The van der Waals surface area contributed by atoms with E-state index in [0.29, 0.717) is 5.75 Å². The first kappa shape index (κ1) is 13.8. The van der Waals surface area contributed by atoms with Gasteiger partial charge in [-0.3, -0.25) is 9.59 Å². The monoisotopic (exact) mass is 261 g/mol. The van der Waals surface area contributed by atoms with E-state index >= 15 is 0 Å². The summed E-state index contributed by atoms with van der Waals surface area (Å²) in [7, 11) is 0. The molecule has 17 heavy (non-hydrogen) atoms. The van der Waals surface area contributed by atoms with E-state index in [-0.39, 0.29) is 24.7 Å².